The third-order valence-corrected chi connectivity index (χ3v) is 2.47. The van der Waals surface area contributed by atoms with Gasteiger partial charge in [-0.3, -0.25) is 0 Å². The third kappa shape index (κ3) is 2.64. The Morgan fingerprint density at radius 2 is 2.42 bits per heavy atom. The lowest BCUT2D eigenvalue weighted by Gasteiger charge is -2.04. The van der Waals surface area contributed by atoms with Gasteiger partial charge in [-0.15, -0.1) is 11.6 Å². The van der Waals surface area contributed by atoms with Gasteiger partial charge in [-0.2, -0.15) is 0 Å². The molecule has 1 N–H and O–H groups in total. The molecular weight excluding hydrogens is 239 g/mol. The van der Waals surface area contributed by atoms with Crippen LogP contribution in [0.1, 0.15) is 5.56 Å². The standard InChI is InChI=1S/C8H10BrClN2/c1-6-4-8(11-3-2-10)12-5-7(6)9/h4-5H,2-3H2,1H3,(H,11,12). The Morgan fingerprint density at radius 3 is 3.00 bits per heavy atom. The molecule has 0 radical (unpaired) electrons. The number of pyridine rings is 1. The minimum Gasteiger partial charge on any atom is -0.369 e. The van der Waals surface area contributed by atoms with Crippen molar-refractivity contribution in [2.45, 2.75) is 6.92 Å². The van der Waals surface area contributed by atoms with Gasteiger partial charge in [-0.05, 0) is 34.5 Å². The molecule has 0 aliphatic heterocycles. The molecule has 0 aliphatic rings. The van der Waals surface area contributed by atoms with Gasteiger partial charge in [0.05, 0.1) is 0 Å². The Bertz CT molecular complexity index is 265. The second-order valence-electron chi connectivity index (χ2n) is 2.43. The van der Waals surface area contributed by atoms with Gasteiger partial charge >= 0.3 is 0 Å². The molecule has 66 valence electrons. The van der Waals surface area contributed by atoms with E-state index in [1.165, 1.54) is 5.56 Å². The van der Waals surface area contributed by atoms with Gasteiger partial charge in [0.2, 0.25) is 0 Å². The van der Waals surface area contributed by atoms with Crippen LogP contribution in [0.4, 0.5) is 5.82 Å². The number of halogens is 2. The maximum atomic E-state index is 5.52. The van der Waals surface area contributed by atoms with Crippen LogP contribution >= 0.6 is 27.5 Å². The maximum absolute atomic E-state index is 5.52. The Labute approximate surface area is 85.5 Å². The number of hydrogen-bond acceptors (Lipinski definition) is 2. The Hall–Kier alpha value is -0.280. The number of anilines is 1. The first-order valence-corrected chi connectivity index (χ1v) is 4.99. The fourth-order valence-corrected chi connectivity index (χ4v) is 1.12. The van der Waals surface area contributed by atoms with Crippen LogP contribution in [0.2, 0.25) is 0 Å². The van der Waals surface area contributed by atoms with E-state index in [0.717, 1.165) is 16.8 Å². The molecule has 0 spiro atoms. The molecule has 0 atom stereocenters. The van der Waals surface area contributed by atoms with Crippen LogP contribution in [-0.2, 0) is 0 Å². The van der Waals surface area contributed by atoms with Crippen molar-refractivity contribution in [1.29, 1.82) is 0 Å². The number of alkyl halides is 1. The van der Waals surface area contributed by atoms with Crippen molar-refractivity contribution >= 4 is 33.3 Å². The van der Waals surface area contributed by atoms with Gasteiger partial charge < -0.3 is 5.32 Å². The highest BCUT2D eigenvalue weighted by Gasteiger charge is 1.96. The highest BCUT2D eigenvalue weighted by atomic mass is 79.9. The average molecular weight is 250 g/mol. The molecule has 2 nitrogen and oxygen atoms in total. The number of nitrogens with one attached hydrogen (secondary N) is 1. The minimum atomic E-state index is 0.594. The summed E-state index contributed by atoms with van der Waals surface area (Å²) >= 11 is 8.90. The van der Waals surface area contributed by atoms with Crippen LogP contribution in [0, 0.1) is 6.92 Å². The molecule has 0 unspecified atom stereocenters. The van der Waals surface area contributed by atoms with E-state index in [1.54, 1.807) is 6.20 Å². The molecule has 1 aromatic heterocycles. The van der Waals surface area contributed by atoms with E-state index in [4.69, 9.17) is 11.6 Å². The second-order valence-corrected chi connectivity index (χ2v) is 3.67. The summed E-state index contributed by atoms with van der Waals surface area (Å²) in [6, 6.07) is 1.98. The zero-order valence-corrected chi connectivity index (χ0v) is 9.11. The van der Waals surface area contributed by atoms with Crippen molar-refractivity contribution in [2.24, 2.45) is 0 Å². The van der Waals surface area contributed by atoms with E-state index in [2.05, 4.69) is 26.2 Å². The zero-order valence-electron chi connectivity index (χ0n) is 6.77. The van der Waals surface area contributed by atoms with Crippen molar-refractivity contribution in [3.63, 3.8) is 0 Å². The first kappa shape index (κ1) is 9.81. The van der Waals surface area contributed by atoms with Gasteiger partial charge in [-0.25, -0.2) is 4.98 Å². The van der Waals surface area contributed by atoms with Crippen LogP contribution in [0.5, 0.6) is 0 Å². The monoisotopic (exact) mass is 248 g/mol. The summed E-state index contributed by atoms with van der Waals surface area (Å²) in [6.45, 7) is 2.77. The van der Waals surface area contributed by atoms with Crippen LogP contribution in [0.25, 0.3) is 0 Å². The van der Waals surface area contributed by atoms with E-state index < -0.39 is 0 Å². The first-order valence-electron chi connectivity index (χ1n) is 3.66. The molecule has 0 bridgehead atoms. The summed E-state index contributed by atoms with van der Waals surface area (Å²) in [5.74, 6) is 1.47. The lowest BCUT2D eigenvalue weighted by Crippen LogP contribution is -2.04. The second kappa shape index (κ2) is 4.67. The average Bonchev–Trinajstić information content (AvgIpc) is 2.07. The van der Waals surface area contributed by atoms with Crippen LogP contribution in [0.15, 0.2) is 16.7 Å². The number of nitrogens with zero attached hydrogens (tertiary/aromatic N) is 1. The van der Waals surface area contributed by atoms with Crippen LogP contribution < -0.4 is 5.32 Å². The largest absolute Gasteiger partial charge is 0.369 e. The Balaban J connectivity index is 2.69. The lowest BCUT2D eigenvalue weighted by molar-refractivity contribution is 1.15. The fourth-order valence-electron chi connectivity index (χ4n) is 0.811. The summed E-state index contributed by atoms with van der Waals surface area (Å²) < 4.78 is 1.03. The summed E-state index contributed by atoms with van der Waals surface area (Å²) in [6.07, 6.45) is 1.78. The van der Waals surface area contributed by atoms with Crippen molar-refractivity contribution in [1.82, 2.24) is 4.98 Å². The van der Waals surface area contributed by atoms with E-state index in [-0.39, 0.29) is 0 Å². The minimum absolute atomic E-state index is 0.594. The fraction of sp³-hybridized carbons (Fsp3) is 0.375. The van der Waals surface area contributed by atoms with Gasteiger partial charge in [0.1, 0.15) is 5.82 Å². The summed E-state index contributed by atoms with van der Waals surface area (Å²) in [5.41, 5.74) is 1.17. The molecule has 0 amide bonds. The van der Waals surface area contributed by atoms with Crippen molar-refractivity contribution in [3.05, 3.63) is 22.3 Å². The van der Waals surface area contributed by atoms with Gasteiger partial charge in [0.15, 0.2) is 0 Å². The third-order valence-electron chi connectivity index (χ3n) is 1.45. The molecule has 1 rings (SSSR count). The molecule has 12 heavy (non-hydrogen) atoms. The van der Waals surface area contributed by atoms with E-state index in [1.807, 2.05) is 13.0 Å². The van der Waals surface area contributed by atoms with Gasteiger partial charge in [0.25, 0.3) is 0 Å². The predicted molar refractivity (Wildman–Crippen MR) is 55.9 cm³/mol. The van der Waals surface area contributed by atoms with Crippen molar-refractivity contribution < 1.29 is 0 Å². The quantitative estimate of drug-likeness (QED) is 0.833. The molecule has 0 aliphatic carbocycles. The normalized spacial score (nSPS) is 9.92. The molecule has 0 fully saturated rings. The lowest BCUT2D eigenvalue weighted by atomic mass is 10.3. The number of rotatable bonds is 3. The summed E-state index contributed by atoms with van der Waals surface area (Å²) in [5, 5.41) is 3.10. The first-order chi connectivity index (χ1) is 5.74. The van der Waals surface area contributed by atoms with E-state index in [0.29, 0.717) is 5.88 Å². The Kier molecular flexibility index (Phi) is 3.82. The number of aromatic nitrogens is 1. The number of aryl methyl sites for hydroxylation is 1. The molecule has 1 aromatic rings. The number of hydrogen-bond donors (Lipinski definition) is 1. The SMILES string of the molecule is Cc1cc(NCCCl)ncc1Br. The summed E-state index contributed by atoms with van der Waals surface area (Å²) in [7, 11) is 0. The zero-order chi connectivity index (χ0) is 8.97. The van der Waals surface area contributed by atoms with Crippen LogP contribution in [-0.4, -0.2) is 17.4 Å². The van der Waals surface area contributed by atoms with E-state index in [9.17, 15) is 0 Å². The molecule has 0 saturated carbocycles. The van der Waals surface area contributed by atoms with E-state index >= 15 is 0 Å². The van der Waals surface area contributed by atoms with Crippen LogP contribution in [0.3, 0.4) is 0 Å². The molecule has 1 heterocycles. The maximum Gasteiger partial charge on any atom is 0.126 e. The summed E-state index contributed by atoms with van der Waals surface area (Å²) in [4.78, 5) is 4.16. The molecule has 0 aromatic carbocycles. The van der Waals surface area contributed by atoms with Crippen molar-refractivity contribution in [3.8, 4) is 0 Å². The van der Waals surface area contributed by atoms with Gasteiger partial charge in [0, 0.05) is 23.1 Å². The topological polar surface area (TPSA) is 24.9 Å². The predicted octanol–water partition coefficient (Wildman–Crippen LogP) is 2.80. The molecular formula is C8H10BrClN2. The smallest absolute Gasteiger partial charge is 0.126 e. The molecule has 4 heteroatoms. The Morgan fingerprint density at radius 1 is 1.67 bits per heavy atom. The molecule has 0 saturated heterocycles. The highest BCUT2D eigenvalue weighted by Crippen LogP contribution is 2.16. The highest BCUT2D eigenvalue weighted by molar-refractivity contribution is 9.10. The van der Waals surface area contributed by atoms with Gasteiger partial charge in [-0.1, -0.05) is 0 Å². The van der Waals surface area contributed by atoms with Crippen molar-refractivity contribution in [2.75, 3.05) is 17.7 Å².